The molecule has 114 valence electrons. The Labute approximate surface area is 139 Å². The van der Waals surface area contributed by atoms with Gasteiger partial charge in [0.2, 0.25) is 0 Å². The van der Waals surface area contributed by atoms with Crippen molar-refractivity contribution in [3.63, 3.8) is 0 Å². The summed E-state index contributed by atoms with van der Waals surface area (Å²) >= 11 is 3.15. The predicted octanol–water partition coefficient (Wildman–Crippen LogP) is 3.53. The number of H-pyrrole nitrogens is 1. The number of aromatic amines is 1. The lowest BCUT2D eigenvalue weighted by molar-refractivity contribution is 1.03. The van der Waals surface area contributed by atoms with Gasteiger partial charge < -0.3 is 4.98 Å². The fourth-order valence-electron chi connectivity index (χ4n) is 2.44. The Balaban J connectivity index is 1.69. The second-order valence-electron chi connectivity index (χ2n) is 5.09. The van der Waals surface area contributed by atoms with Crippen molar-refractivity contribution in [2.24, 2.45) is 0 Å². The molecule has 0 saturated heterocycles. The molecule has 0 radical (unpaired) electrons. The highest BCUT2D eigenvalue weighted by Gasteiger charge is 2.09. The number of rotatable bonds is 3. The molecule has 0 amide bonds. The summed E-state index contributed by atoms with van der Waals surface area (Å²) in [7, 11) is 0. The minimum Gasteiger partial charge on any atom is -0.309 e. The van der Waals surface area contributed by atoms with Gasteiger partial charge in [-0.2, -0.15) is 0 Å². The molecule has 1 N–H and O–H groups in total. The normalized spacial score (nSPS) is 11.3. The number of nitrogens with one attached hydrogen (secondary N) is 1. The van der Waals surface area contributed by atoms with Crippen LogP contribution in [0.3, 0.4) is 0 Å². The molecule has 3 aromatic heterocycles. The number of hydrogen-bond acceptors (Lipinski definition) is 6. The van der Waals surface area contributed by atoms with Crippen LogP contribution in [0.1, 0.15) is 11.4 Å². The van der Waals surface area contributed by atoms with E-state index in [2.05, 4.69) is 19.9 Å². The maximum Gasteiger partial charge on any atom is 0.258 e. The number of thiophene rings is 1. The van der Waals surface area contributed by atoms with Crippen LogP contribution in [0.15, 0.2) is 45.8 Å². The lowest BCUT2D eigenvalue weighted by Crippen LogP contribution is -2.11. The standard InChI is InChI=1S/C16H12N4OS2/c1-9-3-2-4-10-13(9)19-12(20-14(10)21)7-23-16-11-5-6-22-15(11)17-8-18-16/h2-6,8H,7H2,1H3,(H,19,20,21). The minimum atomic E-state index is -0.0994. The van der Waals surface area contributed by atoms with Crippen LogP contribution in [-0.2, 0) is 5.75 Å². The van der Waals surface area contributed by atoms with E-state index in [4.69, 9.17) is 0 Å². The molecule has 0 saturated carbocycles. The van der Waals surface area contributed by atoms with Crippen LogP contribution < -0.4 is 5.56 Å². The number of hydrogen-bond donors (Lipinski definition) is 1. The van der Waals surface area contributed by atoms with Gasteiger partial charge in [-0.3, -0.25) is 4.79 Å². The van der Waals surface area contributed by atoms with Crippen molar-refractivity contribution in [2.75, 3.05) is 0 Å². The first-order chi connectivity index (χ1) is 11.2. The van der Waals surface area contributed by atoms with E-state index in [0.717, 1.165) is 26.3 Å². The molecular weight excluding hydrogens is 328 g/mol. The molecule has 0 aliphatic rings. The molecular formula is C16H12N4OS2. The first-order valence-corrected chi connectivity index (χ1v) is 8.88. The molecule has 4 rings (SSSR count). The van der Waals surface area contributed by atoms with Crippen LogP contribution in [0, 0.1) is 6.92 Å². The summed E-state index contributed by atoms with van der Waals surface area (Å²) in [6.07, 6.45) is 1.57. The van der Waals surface area contributed by atoms with Gasteiger partial charge in [0.15, 0.2) is 0 Å². The van der Waals surface area contributed by atoms with Crippen molar-refractivity contribution in [3.8, 4) is 0 Å². The maximum atomic E-state index is 12.2. The van der Waals surface area contributed by atoms with E-state index in [1.54, 1.807) is 35.5 Å². The van der Waals surface area contributed by atoms with Gasteiger partial charge in [-0.25, -0.2) is 15.0 Å². The molecule has 3 heterocycles. The number of aryl methyl sites for hydroxylation is 1. The van der Waals surface area contributed by atoms with Crippen molar-refractivity contribution in [1.29, 1.82) is 0 Å². The summed E-state index contributed by atoms with van der Waals surface area (Å²) in [6.45, 7) is 1.96. The van der Waals surface area contributed by atoms with Gasteiger partial charge >= 0.3 is 0 Å². The topological polar surface area (TPSA) is 71.5 Å². The molecule has 0 atom stereocenters. The average molecular weight is 340 g/mol. The average Bonchev–Trinajstić information content (AvgIpc) is 3.03. The van der Waals surface area contributed by atoms with E-state index in [-0.39, 0.29) is 5.56 Å². The van der Waals surface area contributed by atoms with Crippen molar-refractivity contribution in [1.82, 2.24) is 19.9 Å². The Hall–Kier alpha value is -2.25. The summed E-state index contributed by atoms with van der Waals surface area (Å²) in [6, 6.07) is 7.65. The van der Waals surface area contributed by atoms with Crippen molar-refractivity contribution < 1.29 is 0 Å². The molecule has 23 heavy (non-hydrogen) atoms. The smallest absolute Gasteiger partial charge is 0.258 e. The number of benzene rings is 1. The number of thioether (sulfide) groups is 1. The quantitative estimate of drug-likeness (QED) is 0.456. The number of fused-ring (bicyclic) bond motifs is 2. The number of aromatic nitrogens is 4. The summed E-state index contributed by atoms with van der Waals surface area (Å²) in [5.41, 5.74) is 1.66. The van der Waals surface area contributed by atoms with Gasteiger partial charge in [-0.05, 0) is 30.0 Å². The van der Waals surface area contributed by atoms with Crippen LogP contribution in [0.2, 0.25) is 0 Å². The van der Waals surface area contributed by atoms with Crippen molar-refractivity contribution in [2.45, 2.75) is 17.7 Å². The van der Waals surface area contributed by atoms with E-state index in [1.165, 1.54) is 0 Å². The summed E-state index contributed by atoms with van der Waals surface area (Å²) in [5, 5.41) is 4.58. The zero-order valence-corrected chi connectivity index (χ0v) is 13.9. The molecule has 0 unspecified atom stereocenters. The van der Waals surface area contributed by atoms with Crippen LogP contribution in [0.25, 0.3) is 21.1 Å². The minimum absolute atomic E-state index is 0.0994. The molecule has 5 nitrogen and oxygen atoms in total. The van der Waals surface area contributed by atoms with E-state index in [9.17, 15) is 4.79 Å². The van der Waals surface area contributed by atoms with E-state index < -0.39 is 0 Å². The third kappa shape index (κ3) is 2.62. The highest BCUT2D eigenvalue weighted by atomic mass is 32.2. The van der Waals surface area contributed by atoms with Gasteiger partial charge in [0, 0.05) is 5.39 Å². The Kier molecular flexibility index (Phi) is 3.59. The molecule has 0 aliphatic heterocycles. The second kappa shape index (κ2) is 5.75. The lowest BCUT2D eigenvalue weighted by atomic mass is 10.1. The van der Waals surface area contributed by atoms with Crippen LogP contribution in [0.4, 0.5) is 0 Å². The predicted molar refractivity (Wildman–Crippen MR) is 94.1 cm³/mol. The number of para-hydroxylation sites is 1. The van der Waals surface area contributed by atoms with Gasteiger partial charge in [0.25, 0.3) is 5.56 Å². The van der Waals surface area contributed by atoms with E-state index >= 15 is 0 Å². The van der Waals surface area contributed by atoms with E-state index in [1.807, 2.05) is 30.5 Å². The summed E-state index contributed by atoms with van der Waals surface area (Å²) in [4.78, 5) is 29.2. The first kappa shape index (κ1) is 14.3. The van der Waals surface area contributed by atoms with Gasteiger partial charge in [-0.1, -0.05) is 23.9 Å². The SMILES string of the molecule is Cc1cccc2c(=O)[nH]c(CSc3ncnc4sccc34)nc12. The third-order valence-electron chi connectivity index (χ3n) is 3.56. The van der Waals surface area contributed by atoms with Gasteiger partial charge in [0.05, 0.1) is 16.7 Å². The summed E-state index contributed by atoms with van der Waals surface area (Å²) in [5.74, 6) is 1.21. The molecule has 0 aliphatic carbocycles. The summed E-state index contributed by atoms with van der Waals surface area (Å²) < 4.78 is 0. The number of nitrogens with zero attached hydrogens (tertiary/aromatic N) is 3. The van der Waals surface area contributed by atoms with Crippen LogP contribution in [0.5, 0.6) is 0 Å². The molecule has 4 aromatic rings. The molecule has 0 fully saturated rings. The van der Waals surface area contributed by atoms with Crippen LogP contribution >= 0.6 is 23.1 Å². The van der Waals surface area contributed by atoms with E-state index in [0.29, 0.717) is 17.0 Å². The van der Waals surface area contributed by atoms with Crippen molar-refractivity contribution in [3.05, 3.63) is 57.7 Å². The lowest BCUT2D eigenvalue weighted by Gasteiger charge is -2.05. The first-order valence-electron chi connectivity index (χ1n) is 7.02. The molecule has 7 heteroatoms. The largest absolute Gasteiger partial charge is 0.309 e. The van der Waals surface area contributed by atoms with Gasteiger partial charge in [-0.15, -0.1) is 11.3 Å². The zero-order chi connectivity index (χ0) is 15.8. The monoisotopic (exact) mass is 340 g/mol. The fourth-order valence-corrected chi connectivity index (χ4v) is 4.09. The third-order valence-corrected chi connectivity index (χ3v) is 5.40. The van der Waals surface area contributed by atoms with Crippen LogP contribution in [-0.4, -0.2) is 19.9 Å². The Morgan fingerprint density at radius 1 is 1.22 bits per heavy atom. The van der Waals surface area contributed by atoms with Crippen molar-refractivity contribution >= 4 is 44.2 Å². The Morgan fingerprint density at radius 3 is 3.04 bits per heavy atom. The van der Waals surface area contributed by atoms with Gasteiger partial charge in [0.1, 0.15) is 22.0 Å². The molecule has 0 bridgehead atoms. The fraction of sp³-hybridized carbons (Fsp3) is 0.125. The Morgan fingerprint density at radius 2 is 2.13 bits per heavy atom. The molecule has 0 spiro atoms. The molecule has 1 aromatic carbocycles. The highest BCUT2D eigenvalue weighted by Crippen LogP contribution is 2.29. The Bertz CT molecular complexity index is 1070. The maximum absolute atomic E-state index is 12.2. The highest BCUT2D eigenvalue weighted by molar-refractivity contribution is 7.98. The zero-order valence-electron chi connectivity index (χ0n) is 12.2. The second-order valence-corrected chi connectivity index (χ2v) is 6.95.